The quantitative estimate of drug-likeness (QED) is 0.880. The number of alkyl halides is 3. The molecule has 0 bridgehead atoms. The largest absolute Gasteiger partial charge is 0.478 e. The molecule has 0 saturated carbocycles. The summed E-state index contributed by atoms with van der Waals surface area (Å²) in [7, 11) is 0. The number of carboxylic acid groups (broad SMARTS) is 1. The number of benzene rings is 1. The zero-order valence-corrected chi connectivity index (χ0v) is 8.59. The maximum atomic E-state index is 12.2. The van der Waals surface area contributed by atoms with E-state index in [0.717, 1.165) is 0 Å². The fourth-order valence-corrected chi connectivity index (χ4v) is 1.17. The second-order valence-electron chi connectivity index (χ2n) is 3.25. The molecule has 1 N–H and O–H groups in total. The Morgan fingerprint density at radius 3 is 2.28 bits per heavy atom. The van der Waals surface area contributed by atoms with Crippen LogP contribution >= 0.6 is 0 Å². The highest BCUT2D eigenvalue weighted by Crippen LogP contribution is 2.25. The number of tetrazole rings is 1. The van der Waals surface area contributed by atoms with Crippen LogP contribution in [0.1, 0.15) is 16.2 Å². The van der Waals surface area contributed by atoms with E-state index in [9.17, 15) is 18.0 Å². The van der Waals surface area contributed by atoms with Crippen molar-refractivity contribution in [1.82, 2.24) is 20.2 Å². The summed E-state index contributed by atoms with van der Waals surface area (Å²) in [6.07, 6.45) is -4.67. The Morgan fingerprint density at radius 2 is 1.83 bits per heavy atom. The van der Waals surface area contributed by atoms with Crippen molar-refractivity contribution < 1.29 is 23.1 Å². The number of halogens is 3. The minimum atomic E-state index is -4.67. The van der Waals surface area contributed by atoms with Crippen LogP contribution in [0.4, 0.5) is 13.2 Å². The lowest BCUT2D eigenvalue weighted by atomic mass is 10.2. The second kappa shape index (κ2) is 4.09. The molecule has 6 nitrogen and oxygen atoms in total. The molecular formula is C9H5F3N4O2. The molecular weight excluding hydrogens is 253 g/mol. The van der Waals surface area contributed by atoms with Crippen molar-refractivity contribution in [3.05, 3.63) is 35.7 Å². The van der Waals surface area contributed by atoms with Gasteiger partial charge in [0.15, 0.2) is 0 Å². The van der Waals surface area contributed by atoms with Gasteiger partial charge in [0.2, 0.25) is 0 Å². The van der Waals surface area contributed by atoms with Gasteiger partial charge < -0.3 is 5.11 Å². The molecule has 0 aliphatic rings. The van der Waals surface area contributed by atoms with Crippen LogP contribution in [0.25, 0.3) is 5.69 Å². The summed E-state index contributed by atoms with van der Waals surface area (Å²) in [6, 6.07) is 5.03. The van der Waals surface area contributed by atoms with E-state index in [1.54, 1.807) is 0 Å². The Hall–Kier alpha value is -2.45. The van der Waals surface area contributed by atoms with Gasteiger partial charge in [-0.25, -0.2) is 4.79 Å². The summed E-state index contributed by atoms with van der Waals surface area (Å²) in [5.41, 5.74) is 0.193. The van der Waals surface area contributed by atoms with Crippen molar-refractivity contribution >= 4 is 5.97 Å². The van der Waals surface area contributed by atoms with Gasteiger partial charge in [0.25, 0.3) is 5.82 Å². The predicted molar refractivity (Wildman–Crippen MR) is 51.1 cm³/mol. The topological polar surface area (TPSA) is 80.9 Å². The smallest absolute Gasteiger partial charge is 0.455 e. The highest BCUT2D eigenvalue weighted by atomic mass is 19.4. The fourth-order valence-electron chi connectivity index (χ4n) is 1.17. The van der Waals surface area contributed by atoms with E-state index < -0.39 is 18.0 Å². The number of hydrogen-bond donors (Lipinski definition) is 1. The number of carboxylic acids is 1. The highest BCUT2D eigenvalue weighted by Gasteiger charge is 2.36. The Morgan fingerprint density at radius 1 is 1.22 bits per heavy atom. The predicted octanol–water partition coefficient (Wildman–Crippen LogP) is 1.38. The monoisotopic (exact) mass is 258 g/mol. The van der Waals surface area contributed by atoms with Crippen LogP contribution in [0.3, 0.4) is 0 Å². The van der Waals surface area contributed by atoms with E-state index in [1.807, 2.05) is 0 Å². The minimum absolute atomic E-state index is 0.00918. The summed E-state index contributed by atoms with van der Waals surface area (Å²) in [4.78, 5) is 11.3. The van der Waals surface area contributed by atoms with Gasteiger partial charge in [-0.15, -0.1) is 15.0 Å². The van der Waals surface area contributed by atoms with Crippen LogP contribution in [0.15, 0.2) is 24.3 Å². The average molecular weight is 258 g/mol. The summed E-state index contributed by atoms with van der Waals surface area (Å²) in [5.74, 6) is -2.49. The molecule has 1 aromatic heterocycles. The van der Waals surface area contributed by atoms with Crippen molar-refractivity contribution in [3.8, 4) is 5.69 Å². The number of aromatic nitrogens is 4. The molecule has 0 unspecified atom stereocenters. The van der Waals surface area contributed by atoms with E-state index in [1.165, 1.54) is 24.3 Å². The summed E-state index contributed by atoms with van der Waals surface area (Å²) < 4.78 is 36.7. The first kappa shape index (κ1) is 12.0. The zero-order valence-electron chi connectivity index (χ0n) is 8.59. The lowest BCUT2D eigenvalue weighted by Gasteiger charge is -1.99. The molecule has 1 aromatic carbocycles. The highest BCUT2D eigenvalue weighted by molar-refractivity contribution is 5.87. The van der Waals surface area contributed by atoms with Crippen LogP contribution in [0.2, 0.25) is 0 Å². The van der Waals surface area contributed by atoms with Gasteiger partial charge in [0, 0.05) is 0 Å². The van der Waals surface area contributed by atoms with Gasteiger partial charge in [-0.2, -0.15) is 13.2 Å². The Kier molecular flexibility index (Phi) is 2.73. The Labute approximate surface area is 97.7 Å². The molecule has 0 fully saturated rings. The number of rotatable bonds is 2. The fraction of sp³-hybridized carbons (Fsp3) is 0.111. The number of hydrogen-bond acceptors (Lipinski definition) is 4. The summed E-state index contributed by atoms with van der Waals surface area (Å²) >= 11 is 0. The standard InChI is InChI=1S/C9H5F3N4O2/c10-9(11,12)8-13-15-16(14-8)6-3-1-5(2-4-6)7(17)18/h1-4H,(H,17,18). The van der Waals surface area contributed by atoms with E-state index in [0.29, 0.717) is 4.80 Å². The number of carbonyl (C=O) groups is 1. The Balaban J connectivity index is 2.32. The molecule has 0 amide bonds. The Bertz CT molecular complexity index is 576. The maximum Gasteiger partial charge on any atom is 0.455 e. The normalized spacial score (nSPS) is 11.5. The third kappa shape index (κ3) is 2.29. The molecule has 0 aliphatic heterocycles. The molecule has 0 atom stereocenters. The number of aromatic carboxylic acids is 1. The van der Waals surface area contributed by atoms with E-state index >= 15 is 0 Å². The lowest BCUT2D eigenvalue weighted by Crippen LogP contribution is -2.08. The van der Waals surface area contributed by atoms with Crippen LogP contribution in [-0.2, 0) is 6.18 Å². The molecule has 0 spiro atoms. The van der Waals surface area contributed by atoms with Gasteiger partial charge >= 0.3 is 12.1 Å². The molecule has 0 saturated heterocycles. The van der Waals surface area contributed by atoms with E-state index in [-0.39, 0.29) is 11.3 Å². The molecule has 2 aromatic rings. The lowest BCUT2D eigenvalue weighted by molar-refractivity contribution is -0.145. The summed E-state index contributed by atoms with van der Waals surface area (Å²) in [5, 5.41) is 17.9. The molecule has 0 radical (unpaired) electrons. The molecule has 2 rings (SSSR count). The van der Waals surface area contributed by atoms with E-state index in [2.05, 4.69) is 15.4 Å². The minimum Gasteiger partial charge on any atom is -0.478 e. The van der Waals surface area contributed by atoms with Crippen molar-refractivity contribution in [2.75, 3.05) is 0 Å². The average Bonchev–Trinajstić information content (AvgIpc) is 2.78. The first-order chi connectivity index (χ1) is 8.38. The van der Waals surface area contributed by atoms with E-state index in [4.69, 9.17) is 5.11 Å². The van der Waals surface area contributed by atoms with Gasteiger partial charge in [-0.1, -0.05) is 0 Å². The number of nitrogens with zero attached hydrogens (tertiary/aromatic N) is 4. The van der Waals surface area contributed by atoms with Crippen molar-refractivity contribution in [2.24, 2.45) is 0 Å². The SMILES string of the molecule is O=C(O)c1ccc(-n2nnc(C(F)(F)F)n2)cc1. The van der Waals surface area contributed by atoms with Crippen LogP contribution in [0, 0.1) is 0 Å². The second-order valence-corrected chi connectivity index (χ2v) is 3.25. The first-order valence-corrected chi connectivity index (χ1v) is 4.59. The van der Waals surface area contributed by atoms with Gasteiger partial charge in [0.05, 0.1) is 11.3 Å². The third-order valence-corrected chi connectivity index (χ3v) is 2.01. The molecule has 18 heavy (non-hydrogen) atoms. The first-order valence-electron chi connectivity index (χ1n) is 4.59. The maximum absolute atomic E-state index is 12.2. The van der Waals surface area contributed by atoms with Crippen molar-refractivity contribution in [1.29, 1.82) is 0 Å². The van der Waals surface area contributed by atoms with Crippen molar-refractivity contribution in [2.45, 2.75) is 6.18 Å². The van der Waals surface area contributed by atoms with Gasteiger partial charge in [0.1, 0.15) is 0 Å². The zero-order chi connectivity index (χ0) is 13.3. The van der Waals surface area contributed by atoms with Gasteiger partial charge in [-0.05, 0) is 29.5 Å². The van der Waals surface area contributed by atoms with Crippen LogP contribution in [-0.4, -0.2) is 31.3 Å². The van der Waals surface area contributed by atoms with Gasteiger partial charge in [-0.3, -0.25) is 0 Å². The summed E-state index contributed by atoms with van der Waals surface area (Å²) in [6.45, 7) is 0. The van der Waals surface area contributed by atoms with Crippen LogP contribution < -0.4 is 0 Å². The molecule has 0 aliphatic carbocycles. The van der Waals surface area contributed by atoms with Crippen LogP contribution in [0.5, 0.6) is 0 Å². The molecule has 94 valence electrons. The molecule has 1 heterocycles. The third-order valence-electron chi connectivity index (χ3n) is 2.01. The van der Waals surface area contributed by atoms with Crippen molar-refractivity contribution in [3.63, 3.8) is 0 Å². The molecule has 9 heteroatoms.